The van der Waals surface area contributed by atoms with Gasteiger partial charge >= 0.3 is 0 Å². The van der Waals surface area contributed by atoms with E-state index in [-0.39, 0.29) is 0 Å². The molecule has 244 valence electrons. The summed E-state index contributed by atoms with van der Waals surface area (Å²) in [5, 5.41) is 7.58. The second-order valence-corrected chi connectivity index (χ2v) is 14.4. The fourth-order valence-electron chi connectivity index (χ4n) is 7.66. The number of benzene rings is 9. The first-order chi connectivity index (χ1) is 25.8. The molecule has 1 nitrogen and oxygen atoms in total. The van der Waals surface area contributed by atoms with E-state index in [4.69, 9.17) is 0 Å². The maximum absolute atomic E-state index is 2.41. The van der Waals surface area contributed by atoms with E-state index in [2.05, 4.69) is 205 Å². The second kappa shape index (κ2) is 12.7. The molecular weight excluding hydrogens is 647 g/mol. The molecule has 0 aliphatic carbocycles. The molecule has 0 saturated heterocycles. The summed E-state index contributed by atoms with van der Waals surface area (Å²) < 4.78 is 2.61. The topological polar surface area (TPSA) is 3.24 Å². The summed E-state index contributed by atoms with van der Waals surface area (Å²) in [4.78, 5) is 2.41. The van der Waals surface area contributed by atoms with Crippen molar-refractivity contribution in [3.8, 4) is 33.4 Å². The third-order valence-electron chi connectivity index (χ3n) is 10.2. The highest BCUT2D eigenvalue weighted by Gasteiger charge is 2.19. The first-order valence-electron chi connectivity index (χ1n) is 17.8. The summed E-state index contributed by atoms with van der Waals surface area (Å²) >= 11 is 1.88. The van der Waals surface area contributed by atoms with Gasteiger partial charge in [-0.25, -0.2) is 0 Å². The van der Waals surface area contributed by atoms with Crippen molar-refractivity contribution in [3.05, 3.63) is 200 Å². The minimum absolute atomic E-state index is 1.11. The zero-order valence-corrected chi connectivity index (χ0v) is 29.2. The molecule has 0 bridgehead atoms. The first-order valence-corrected chi connectivity index (χ1v) is 18.6. The normalized spacial score (nSPS) is 11.5. The Hall–Kier alpha value is -6.48. The molecule has 0 aliphatic heterocycles. The number of fused-ring (bicyclic) bond motifs is 5. The molecule has 0 aliphatic rings. The van der Waals surface area contributed by atoms with Crippen LogP contribution in [0.1, 0.15) is 0 Å². The lowest BCUT2D eigenvalue weighted by molar-refractivity contribution is 1.29. The summed E-state index contributed by atoms with van der Waals surface area (Å²) in [7, 11) is 0. The van der Waals surface area contributed by atoms with Crippen LogP contribution in [0.5, 0.6) is 0 Å². The largest absolute Gasteiger partial charge is 0.310 e. The highest BCUT2D eigenvalue weighted by Crippen LogP contribution is 2.46. The van der Waals surface area contributed by atoms with E-state index in [0.29, 0.717) is 0 Å². The van der Waals surface area contributed by atoms with Crippen molar-refractivity contribution in [2.24, 2.45) is 0 Å². The van der Waals surface area contributed by atoms with Gasteiger partial charge in [-0.05, 0) is 97.9 Å². The molecule has 1 aromatic heterocycles. The van der Waals surface area contributed by atoms with E-state index in [0.717, 1.165) is 17.1 Å². The Balaban J connectivity index is 1.18. The van der Waals surface area contributed by atoms with Crippen LogP contribution in [-0.2, 0) is 0 Å². The van der Waals surface area contributed by atoms with Gasteiger partial charge in [-0.2, -0.15) is 0 Å². The Bertz CT molecular complexity index is 2880. The Kier molecular flexibility index (Phi) is 7.41. The molecule has 0 radical (unpaired) electrons. The van der Waals surface area contributed by atoms with E-state index < -0.39 is 0 Å². The van der Waals surface area contributed by atoms with Crippen molar-refractivity contribution in [1.29, 1.82) is 0 Å². The van der Waals surface area contributed by atoms with Gasteiger partial charge in [0.05, 0.1) is 0 Å². The molecule has 0 atom stereocenters. The summed E-state index contributed by atoms with van der Waals surface area (Å²) in [5.41, 5.74) is 10.7. The predicted molar refractivity (Wildman–Crippen MR) is 225 cm³/mol. The zero-order valence-electron chi connectivity index (χ0n) is 28.4. The van der Waals surface area contributed by atoms with Gasteiger partial charge in [-0.15, -0.1) is 11.3 Å². The highest BCUT2D eigenvalue weighted by atomic mass is 32.1. The first kappa shape index (κ1) is 30.4. The van der Waals surface area contributed by atoms with Crippen LogP contribution in [0.2, 0.25) is 0 Å². The summed E-state index contributed by atoms with van der Waals surface area (Å²) in [5.74, 6) is 0. The lowest BCUT2D eigenvalue weighted by Crippen LogP contribution is -2.10. The molecule has 0 fully saturated rings. The van der Waals surface area contributed by atoms with Crippen LogP contribution in [0.15, 0.2) is 200 Å². The molecule has 10 rings (SSSR count). The van der Waals surface area contributed by atoms with E-state index in [1.165, 1.54) is 75.1 Å². The molecule has 52 heavy (non-hydrogen) atoms. The quantitative estimate of drug-likeness (QED) is 0.169. The molecule has 0 unspecified atom stereocenters. The second-order valence-electron chi connectivity index (χ2n) is 13.4. The average molecular weight is 680 g/mol. The van der Waals surface area contributed by atoms with Gasteiger partial charge in [-0.3, -0.25) is 0 Å². The third kappa shape index (κ3) is 5.33. The van der Waals surface area contributed by atoms with Crippen LogP contribution in [0.25, 0.3) is 75.1 Å². The maximum atomic E-state index is 2.41. The SMILES string of the molecule is c1ccc(-c2ccc(N(c3ccc(-c4cccc5ccccc45)cc3)c3cc(-c4ccc5ccccc5c4)c4sc5ccccc5c4c3)cc2)cc1. The number of hydrogen-bond donors (Lipinski definition) is 0. The lowest BCUT2D eigenvalue weighted by atomic mass is 9.97. The van der Waals surface area contributed by atoms with Crippen LogP contribution < -0.4 is 4.90 Å². The van der Waals surface area contributed by atoms with E-state index in [9.17, 15) is 0 Å². The van der Waals surface area contributed by atoms with Gasteiger partial charge in [-0.1, -0.05) is 152 Å². The van der Waals surface area contributed by atoms with Crippen LogP contribution in [0, 0.1) is 0 Å². The predicted octanol–water partition coefficient (Wildman–Crippen LogP) is 14.8. The molecule has 2 heteroatoms. The van der Waals surface area contributed by atoms with Crippen LogP contribution in [0.3, 0.4) is 0 Å². The minimum Gasteiger partial charge on any atom is -0.310 e. The summed E-state index contributed by atoms with van der Waals surface area (Å²) in [6.45, 7) is 0. The third-order valence-corrected chi connectivity index (χ3v) is 11.5. The van der Waals surface area contributed by atoms with E-state index >= 15 is 0 Å². The number of anilines is 3. The van der Waals surface area contributed by atoms with Crippen LogP contribution >= 0.6 is 11.3 Å². The van der Waals surface area contributed by atoms with Crippen molar-refractivity contribution < 1.29 is 0 Å². The van der Waals surface area contributed by atoms with Gasteiger partial charge in [0.2, 0.25) is 0 Å². The van der Waals surface area contributed by atoms with Gasteiger partial charge in [0.1, 0.15) is 0 Å². The number of rotatable bonds is 6. The van der Waals surface area contributed by atoms with Crippen LogP contribution in [-0.4, -0.2) is 0 Å². The van der Waals surface area contributed by atoms with Gasteiger partial charge in [0.15, 0.2) is 0 Å². The molecule has 0 N–H and O–H groups in total. The van der Waals surface area contributed by atoms with Crippen molar-refractivity contribution in [1.82, 2.24) is 0 Å². The smallest absolute Gasteiger partial charge is 0.0475 e. The molecule has 9 aromatic carbocycles. The molecular formula is C50H33NS. The van der Waals surface area contributed by atoms with Crippen LogP contribution in [0.4, 0.5) is 17.1 Å². The van der Waals surface area contributed by atoms with Crippen molar-refractivity contribution in [3.63, 3.8) is 0 Å². The average Bonchev–Trinajstić information content (AvgIpc) is 3.60. The van der Waals surface area contributed by atoms with E-state index in [1.54, 1.807) is 0 Å². The summed E-state index contributed by atoms with van der Waals surface area (Å²) in [6, 6.07) is 73.0. The Morgan fingerprint density at radius 3 is 1.69 bits per heavy atom. The molecule has 0 spiro atoms. The van der Waals surface area contributed by atoms with Gasteiger partial charge in [0.25, 0.3) is 0 Å². The Labute approximate surface area is 307 Å². The van der Waals surface area contributed by atoms with Gasteiger partial charge in [0, 0.05) is 42.8 Å². The van der Waals surface area contributed by atoms with Gasteiger partial charge < -0.3 is 4.90 Å². The number of thiophene rings is 1. The maximum Gasteiger partial charge on any atom is 0.0475 e. The summed E-state index contributed by atoms with van der Waals surface area (Å²) in [6.07, 6.45) is 0. The highest BCUT2D eigenvalue weighted by molar-refractivity contribution is 7.26. The standard InChI is InChI=1S/C50H33NS/c1-2-11-34(12-3-1)36-23-27-41(28-24-36)51(42-29-25-38(26-30-42)45-19-10-16-37-14-6-7-17-44(37)45)43-32-47(40-22-21-35-13-4-5-15-39(35)31-40)50-48(33-43)46-18-8-9-20-49(46)52-50/h1-33H. The monoisotopic (exact) mass is 679 g/mol. The minimum atomic E-state index is 1.11. The zero-order chi connectivity index (χ0) is 34.4. The van der Waals surface area contributed by atoms with Crippen molar-refractivity contribution >= 4 is 70.1 Å². The van der Waals surface area contributed by atoms with Crippen molar-refractivity contribution in [2.75, 3.05) is 4.90 Å². The fourth-order valence-corrected chi connectivity index (χ4v) is 8.88. The fraction of sp³-hybridized carbons (Fsp3) is 0. The number of nitrogens with zero attached hydrogens (tertiary/aromatic N) is 1. The molecule has 0 amide bonds. The Morgan fingerprint density at radius 1 is 0.308 bits per heavy atom. The lowest BCUT2D eigenvalue weighted by Gasteiger charge is -2.27. The Morgan fingerprint density at radius 2 is 0.904 bits per heavy atom. The molecule has 0 saturated carbocycles. The van der Waals surface area contributed by atoms with E-state index in [1.807, 2.05) is 11.3 Å². The molecule has 1 heterocycles. The molecule has 10 aromatic rings. The number of hydrogen-bond acceptors (Lipinski definition) is 2. The van der Waals surface area contributed by atoms with Crippen molar-refractivity contribution in [2.45, 2.75) is 0 Å².